The molecule has 0 unspecified atom stereocenters. The average Bonchev–Trinajstić information content (AvgIpc) is 2.93. The van der Waals surface area contributed by atoms with Crippen molar-refractivity contribution in [2.45, 2.75) is 61.9 Å². The molecule has 1 radical (unpaired) electrons. The summed E-state index contributed by atoms with van der Waals surface area (Å²) in [6.07, 6.45) is 3.36. The molecule has 2 rings (SSSR count). The molecule has 0 aliphatic carbocycles. The summed E-state index contributed by atoms with van der Waals surface area (Å²) in [5.74, 6) is 0.503. The van der Waals surface area contributed by atoms with Crippen LogP contribution in [0, 0.1) is 11.3 Å². The quantitative estimate of drug-likeness (QED) is 0.682. The maximum Gasteiger partial charge on any atom is 0.0991 e. The summed E-state index contributed by atoms with van der Waals surface area (Å²) >= 11 is 0. The van der Waals surface area contributed by atoms with Crippen LogP contribution in [-0.4, -0.2) is 15.0 Å². The van der Waals surface area contributed by atoms with Gasteiger partial charge in [-0.05, 0) is 37.5 Å². The van der Waals surface area contributed by atoms with E-state index in [9.17, 15) is 0 Å². The zero-order valence-electron chi connectivity index (χ0n) is 12.5. The predicted molar refractivity (Wildman–Crippen MR) is 95.8 cm³/mol. The van der Waals surface area contributed by atoms with Crippen LogP contribution in [-0.2, 0) is 32.7 Å². The van der Waals surface area contributed by atoms with Crippen molar-refractivity contribution in [1.29, 1.82) is 5.26 Å². The van der Waals surface area contributed by atoms with Crippen LogP contribution in [0.1, 0.15) is 73.1 Å². The van der Waals surface area contributed by atoms with Gasteiger partial charge in [0.25, 0.3) is 0 Å². The van der Waals surface area contributed by atoms with Gasteiger partial charge in [-0.15, -0.1) is 0 Å². The van der Waals surface area contributed by atoms with Crippen LogP contribution in [0.2, 0.25) is 0 Å². The number of hydrogen-bond donors (Lipinski definition) is 0. The minimum absolute atomic E-state index is 0. The van der Waals surface area contributed by atoms with Crippen molar-refractivity contribution in [3.05, 3.63) is 47.8 Å². The van der Waals surface area contributed by atoms with Gasteiger partial charge in [-0.3, -0.25) is 0 Å². The van der Waals surface area contributed by atoms with Gasteiger partial charge >= 0.3 is 0 Å². The van der Waals surface area contributed by atoms with E-state index in [1.807, 2.05) is 38.1 Å². The summed E-state index contributed by atoms with van der Waals surface area (Å²) < 4.78 is 0. The third-order valence-electron chi connectivity index (χ3n) is 2.58. The second-order valence-electron chi connectivity index (χ2n) is 4.84. The van der Waals surface area contributed by atoms with Gasteiger partial charge in [-0.1, -0.05) is 48.3 Å². The SMILES string of the molecule is C.C.C.CC(C)c1cccc(C#N)c1.CC(C)n1nccn1.[Y]. The molecule has 0 N–H and O–H groups in total. The molecule has 0 saturated carbocycles. The van der Waals surface area contributed by atoms with Crippen LogP contribution in [0.25, 0.3) is 0 Å². The third-order valence-corrected chi connectivity index (χ3v) is 2.58. The van der Waals surface area contributed by atoms with Crippen LogP contribution in [0.3, 0.4) is 0 Å². The first kappa shape index (κ1) is 29.9. The topological polar surface area (TPSA) is 54.5 Å². The van der Waals surface area contributed by atoms with Gasteiger partial charge in [0.1, 0.15) is 0 Å². The van der Waals surface area contributed by atoms with Gasteiger partial charge < -0.3 is 0 Å². The molecule has 5 heteroatoms. The zero-order chi connectivity index (χ0) is 14.3. The Bertz CT molecular complexity index is 528. The van der Waals surface area contributed by atoms with Crippen LogP contribution < -0.4 is 0 Å². The largest absolute Gasteiger partial charge is 0.192 e. The number of benzene rings is 1. The summed E-state index contributed by atoms with van der Waals surface area (Å²) in [6, 6.07) is 10.2. The molecular weight excluding hydrogens is 361 g/mol. The smallest absolute Gasteiger partial charge is 0.0991 e. The zero-order valence-corrected chi connectivity index (χ0v) is 15.3. The predicted octanol–water partition coefficient (Wildman–Crippen LogP) is 5.45. The molecule has 1 aromatic heterocycles. The van der Waals surface area contributed by atoms with E-state index in [2.05, 4.69) is 30.1 Å². The molecule has 1 heterocycles. The van der Waals surface area contributed by atoms with Crippen molar-refractivity contribution in [1.82, 2.24) is 15.0 Å². The Morgan fingerprint density at radius 2 is 1.52 bits per heavy atom. The molecule has 2 aromatic rings. The number of hydrogen-bond acceptors (Lipinski definition) is 3. The second kappa shape index (κ2) is 15.8. The minimum atomic E-state index is 0. The van der Waals surface area contributed by atoms with Crippen LogP contribution >= 0.6 is 0 Å². The Hall–Kier alpha value is -1.05. The molecule has 0 atom stereocenters. The summed E-state index contributed by atoms with van der Waals surface area (Å²) in [7, 11) is 0. The maximum absolute atomic E-state index is 8.59. The molecule has 23 heavy (non-hydrogen) atoms. The molecule has 127 valence electrons. The Kier molecular flexibility index (Phi) is 20.6. The Morgan fingerprint density at radius 1 is 1.00 bits per heavy atom. The van der Waals surface area contributed by atoms with Gasteiger partial charge in [-0.2, -0.15) is 20.3 Å². The summed E-state index contributed by atoms with van der Waals surface area (Å²) in [4.78, 5) is 1.67. The van der Waals surface area contributed by atoms with E-state index in [-0.39, 0.29) is 55.0 Å². The Morgan fingerprint density at radius 3 is 1.87 bits per heavy atom. The molecule has 0 aliphatic heterocycles. The summed E-state index contributed by atoms with van der Waals surface area (Å²) in [6.45, 7) is 8.33. The number of nitrogens with zero attached hydrogens (tertiary/aromatic N) is 4. The van der Waals surface area contributed by atoms with Gasteiger partial charge in [0.2, 0.25) is 0 Å². The fourth-order valence-corrected chi connectivity index (χ4v) is 1.46. The maximum atomic E-state index is 8.59. The summed E-state index contributed by atoms with van der Waals surface area (Å²) in [5.41, 5.74) is 1.97. The molecule has 0 spiro atoms. The Balaban J connectivity index is -0.000000138. The number of nitriles is 1. The van der Waals surface area contributed by atoms with Gasteiger partial charge in [0.05, 0.1) is 30.1 Å². The fraction of sp³-hybridized carbons (Fsp3) is 0.500. The van der Waals surface area contributed by atoms with Crippen LogP contribution in [0.4, 0.5) is 0 Å². The van der Waals surface area contributed by atoms with Crippen molar-refractivity contribution in [2.75, 3.05) is 0 Å². The monoisotopic (exact) mass is 393 g/mol. The molecule has 1 aromatic carbocycles. The van der Waals surface area contributed by atoms with E-state index in [1.54, 1.807) is 17.2 Å². The molecule has 0 fully saturated rings. The van der Waals surface area contributed by atoms with Gasteiger partial charge in [0, 0.05) is 32.7 Å². The minimum Gasteiger partial charge on any atom is -0.192 e. The van der Waals surface area contributed by atoms with E-state index in [4.69, 9.17) is 5.26 Å². The average molecular weight is 393 g/mol. The van der Waals surface area contributed by atoms with E-state index >= 15 is 0 Å². The third kappa shape index (κ3) is 11.2. The molecule has 0 aliphatic rings. The van der Waals surface area contributed by atoms with Gasteiger partial charge in [-0.25, -0.2) is 0 Å². The second-order valence-corrected chi connectivity index (χ2v) is 4.84. The van der Waals surface area contributed by atoms with Gasteiger partial charge in [0.15, 0.2) is 0 Å². The molecule has 0 amide bonds. The molecule has 0 saturated heterocycles. The summed E-state index contributed by atoms with van der Waals surface area (Å²) in [5, 5.41) is 16.4. The van der Waals surface area contributed by atoms with E-state index in [1.165, 1.54) is 5.56 Å². The van der Waals surface area contributed by atoms with E-state index < -0.39 is 0 Å². The normalized spacial score (nSPS) is 8.22. The van der Waals surface area contributed by atoms with Crippen LogP contribution in [0.15, 0.2) is 36.7 Å². The van der Waals surface area contributed by atoms with E-state index in [0.29, 0.717) is 12.0 Å². The van der Waals surface area contributed by atoms with Crippen molar-refractivity contribution < 1.29 is 32.7 Å². The first-order valence-corrected chi connectivity index (χ1v) is 6.40. The molecule has 4 nitrogen and oxygen atoms in total. The standard InChI is InChI=1S/C10H11N.C5H9N3.3CH4.Y/c1-8(2)10-5-3-4-9(6-10)7-11;1-5(2)8-6-3-4-7-8;;;;/h3-6,8H,1-2H3;3-5H,1-2H3;3*1H4;. The van der Waals surface area contributed by atoms with Crippen LogP contribution in [0.5, 0.6) is 0 Å². The van der Waals surface area contributed by atoms with E-state index in [0.717, 1.165) is 5.56 Å². The van der Waals surface area contributed by atoms with Crippen molar-refractivity contribution in [2.24, 2.45) is 0 Å². The van der Waals surface area contributed by atoms with Crippen molar-refractivity contribution in [3.63, 3.8) is 0 Å². The Labute approximate surface area is 168 Å². The first-order valence-electron chi connectivity index (χ1n) is 6.40. The molecular formula is C18H32N4Y. The number of rotatable bonds is 2. The van der Waals surface area contributed by atoms with Crippen molar-refractivity contribution >= 4 is 0 Å². The number of aromatic nitrogens is 3. The fourth-order valence-electron chi connectivity index (χ4n) is 1.46. The first-order chi connectivity index (χ1) is 9.04. The van der Waals surface area contributed by atoms with Crippen molar-refractivity contribution in [3.8, 4) is 6.07 Å². The molecule has 0 bridgehead atoms.